The van der Waals surface area contributed by atoms with Crippen molar-refractivity contribution in [2.75, 3.05) is 0 Å². The minimum absolute atomic E-state index is 0.119. The first-order valence-corrected chi connectivity index (χ1v) is 13.8. The van der Waals surface area contributed by atoms with E-state index >= 15 is 0 Å². The second kappa shape index (κ2) is 11.9. The van der Waals surface area contributed by atoms with Crippen LogP contribution in [0, 0.1) is 34.5 Å². The van der Waals surface area contributed by atoms with Gasteiger partial charge in [0.25, 0.3) is 0 Å². The summed E-state index contributed by atoms with van der Waals surface area (Å²) in [7, 11) is 0. The summed E-state index contributed by atoms with van der Waals surface area (Å²) < 4.78 is 0. The Bertz CT molecular complexity index is 1150. The number of fused-ring (bicyclic) bond motifs is 2. The van der Waals surface area contributed by atoms with Crippen molar-refractivity contribution in [3.05, 3.63) is 59.7 Å². The molecule has 0 aliphatic carbocycles. The first-order chi connectivity index (χ1) is 17.1. The average molecular weight is 481 g/mol. The van der Waals surface area contributed by atoms with Crippen molar-refractivity contribution < 1.29 is 0 Å². The Hall–Kier alpha value is -2.84. The minimum Gasteiger partial charge on any atom is -0.198 e. The molecule has 3 rings (SSSR count). The van der Waals surface area contributed by atoms with E-state index in [1.54, 1.807) is 0 Å². The Morgan fingerprint density at radius 3 is 1.36 bits per heavy atom. The van der Waals surface area contributed by atoms with Crippen LogP contribution in [0.15, 0.2) is 48.5 Å². The van der Waals surface area contributed by atoms with E-state index < -0.39 is 0 Å². The lowest BCUT2D eigenvalue weighted by atomic mass is 9.78. The van der Waals surface area contributed by atoms with Crippen LogP contribution in [0.3, 0.4) is 0 Å². The SMILES string of the molecule is CC(CC#N)CCCC(C)(C)c1ccc2cc3cc(C(C)(C)CCCC(C)CC#N)ccc3cc2c1. The van der Waals surface area contributed by atoms with Gasteiger partial charge in [-0.05, 0) is 93.2 Å². The lowest BCUT2D eigenvalue weighted by Gasteiger charge is -2.27. The Kier molecular flexibility index (Phi) is 9.19. The summed E-state index contributed by atoms with van der Waals surface area (Å²) in [4.78, 5) is 0. The molecule has 0 aliphatic heterocycles. The zero-order valence-electron chi connectivity index (χ0n) is 23.3. The minimum atomic E-state index is 0.119. The molecular formula is C34H44N2. The highest BCUT2D eigenvalue weighted by Gasteiger charge is 2.22. The molecule has 3 aromatic carbocycles. The van der Waals surface area contributed by atoms with Gasteiger partial charge in [0.2, 0.25) is 0 Å². The van der Waals surface area contributed by atoms with Crippen LogP contribution in [0.1, 0.15) is 104 Å². The molecular weight excluding hydrogens is 436 g/mol. The summed E-state index contributed by atoms with van der Waals surface area (Å²) in [6.45, 7) is 13.8. The van der Waals surface area contributed by atoms with Crippen molar-refractivity contribution in [3.8, 4) is 12.1 Å². The molecule has 0 radical (unpaired) electrons. The standard InChI is InChI=1S/C34H44N2/c1-25(15-19-35)9-7-17-33(3,4)31-13-11-27-22-30-24-32(14-12-28(30)21-29(27)23-31)34(5,6)18-8-10-26(2)16-20-36/h11-14,21-26H,7-10,15-18H2,1-6H3. The summed E-state index contributed by atoms with van der Waals surface area (Å²) in [6.07, 6.45) is 8.13. The molecule has 36 heavy (non-hydrogen) atoms. The van der Waals surface area contributed by atoms with E-state index in [-0.39, 0.29) is 10.8 Å². The fourth-order valence-electron chi connectivity index (χ4n) is 5.43. The maximum atomic E-state index is 8.91. The van der Waals surface area contributed by atoms with Crippen LogP contribution in [0.2, 0.25) is 0 Å². The molecule has 0 amide bonds. The third-order valence-electron chi connectivity index (χ3n) is 8.24. The molecule has 0 aliphatic rings. The van der Waals surface area contributed by atoms with E-state index in [0.29, 0.717) is 24.7 Å². The molecule has 2 heteroatoms. The second-order valence-electron chi connectivity index (χ2n) is 12.5. The van der Waals surface area contributed by atoms with Crippen LogP contribution in [0.4, 0.5) is 0 Å². The molecule has 2 atom stereocenters. The molecule has 2 nitrogen and oxygen atoms in total. The van der Waals surface area contributed by atoms with Crippen molar-refractivity contribution in [2.45, 2.75) is 104 Å². The zero-order valence-corrected chi connectivity index (χ0v) is 23.3. The highest BCUT2D eigenvalue weighted by Crippen LogP contribution is 2.36. The molecule has 3 aromatic rings. The molecule has 0 saturated heterocycles. The maximum Gasteiger partial charge on any atom is 0.0624 e. The summed E-state index contributed by atoms with van der Waals surface area (Å²) in [5.74, 6) is 0.964. The van der Waals surface area contributed by atoms with Gasteiger partial charge in [0, 0.05) is 12.8 Å². The number of nitriles is 2. The largest absolute Gasteiger partial charge is 0.198 e. The van der Waals surface area contributed by atoms with Crippen molar-refractivity contribution in [1.82, 2.24) is 0 Å². The molecule has 0 N–H and O–H groups in total. The number of nitrogens with zero attached hydrogens (tertiary/aromatic N) is 2. The molecule has 0 heterocycles. The van der Waals surface area contributed by atoms with Crippen molar-refractivity contribution in [3.63, 3.8) is 0 Å². The van der Waals surface area contributed by atoms with Gasteiger partial charge in [-0.2, -0.15) is 10.5 Å². The summed E-state index contributed by atoms with van der Waals surface area (Å²) in [5.41, 5.74) is 3.03. The van der Waals surface area contributed by atoms with Crippen molar-refractivity contribution >= 4 is 21.5 Å². The van der Waals surface area contributed by atoms with E-state index in [1.807, 2.05) is 0 Å². The normalized spacial score (nSPS) is 13.9. The van der Waals surface area contributed by atoms with E-state index in [0.717, 1.165) is 38.5 Å². The molecule has 0 bridgehead atoms. The number of hydrogen-bond acceptors (Lipinski definition) is 2. The van der Waals surface area contributed by atoms with Crippen LogP contribution < -0.4 is 0 Å². The topological polar surface area (TPSA) is 47.6 Å². The molecule has 0 spiro atoms. The molecule has 0 saturated carbocycles. The number of rotatable bonds is 12. The molecule has 0 fully saturated rings. The van der Waals surface area contributed by atoms with Gasteiger partial charge in [0.1, 0.15) is 0 Å². The van der Waals surface area contributed by atoms with Gasteiger partial charge < -0.3 is 0 Å². The van der Waals surface area contributed by atoms with Gasteiger partial charge in [-0.3, -0.25) is 0 Å². The van der Waals surface area contributed by atoms with E-state index in [9.17, 15) is 0 Å². The fraction of sp³-hybridized carbons (Fsp3) is 0.529. The van der Waals surface area contributed by atoms with E-state index in [1.165, 1.54) is 32.7 Å². The van der Waals surface area contributed by atoms with Crippen LogP contribution >= 0.6 is 0 Å². The highest BCUT2D eigenvalue weighted by molar-refractivity contribution is 5.98. The molecule has 2 unspecified atom stereocenters. The average Bonchev–Trinajstić information content (AvgIpc) is 2.82. The van der Waals surface area contributed by atoms with Crippen LogP contribution in [-0.2, 0) is 10.8 Å². The molecule has 0 aromatic heterocycles. The van der Waals surface area contributed by atoms with Gasteiger partial charge in [0.15, 0.2) is 0 Å². The smallest absolute Gasteiger partial charge is 0.0624 e. The van der Waals surface area contributed by atoms with Gasteiger partial charge in [-0.25, -0.2) is 0 Å². The van der Waals surface area contributed by atoms with E-state index in [2.05, 4.69) is 102 Å². The van der Waals surface area contributed by atoms with Gasteiger partial charge in [-0.15, -0.1) is 0 Å². The third kappa shape index (κ3) is 7.11. The van der Waals surface area contributed by atoms with Gasteiger partial charge >= 0.3 is 0 Å². The first kappa shape index (κ1) is 27.7. The van der Waals surface area contributed by atoms with Gasteiger partial charge in [0.05, 0.1) is 12.1 Å². The van der Waals surface area contributed by atoms with E-state index in [4.69, 9.17) is 10.5 Å². The van der Waals surface area contributed by atoms with Gasteiger partial charge in [-0.1, -0.05) is 90.8 Å². The predicted molar refractivity (Wildman–Crippen MR) is 154 cm³/mol. The summed E-state index contributed by atoms with van der Waals surface area (Å²) in [6, 6.07) is 23.3. The van der Waals surface area contributed by atoms with Crippen molar-refractivity contribution in [2.24, 2.45) is 11.8 Å². The van der Waals surface area contributed by atoms with Crippen LogP contribution in [0.25, 0.3) is 21.5 Å². The predicted octanol–water partition coefficient (Wildman–Crippen LogP) is 9.99. The lowest BCUT2D eigenvalue weighted by molar-refractivity contribution is 0.415. The number of hydrogen-bond donors (Lipinski definition) is 0. The molecule has 190 valence electrons. The Morgan fingerprint density at radius 1 is 0.611 bits per heavy atom. The zero-order chi connectivity index (χ0) is 26.3. The summed E-state index contributed by atoms with van der Waals surface area (Å²) >= 11 is 0. The monoisotopic (exact) mass is 480 g/mol. The quantitative estimate of drug-likeness (QED) is 0.242. The second-order valence-corrected chi connectivity index (χ2v) is 12.5. The third-order valence-corrected chi connectivity index (χ3v) is 8.24. The Labute approximate surface area is 219 Å². The maximum absolute atomic E-state index is 8.91. The lowest BCUT2D eigenvalue weighted by Crippen LogP contribution is -2.17. The highest BCUT2D eigenvalue weighted by atomic mass is 14.3. The van der Waals surface area contributed by atoms with Crippen LogP contribution in [-0.4, -0.2) is 0 Å². The summed E-state index contributed by atoms with van der Waals surface area (Å²) in [5, 5.41) is 23.0. The van der Waals surface area contributed by atoms with Crippen molar-refractivity contribution in [1.29, 1.82) is 10.5 Å². The first-order valence-electron chi connectivity index (χ1n) is 13.8. The Balaban J connectivity index is 1.77. The Morgan fingerprint density at radius 2 is 1.00 bits per heavy atom. The fourth-order valence-corrected chi connectivity index (χ4v) is 5.43. The van der Waals surface area contributed by atoms with Crippen LogP contribution in [0.5, 0.6) is 0 Å². The number of benzene rings is 3.